The first kappa shape index (κ1) is 26.2. The second-order valence-electron chi connectivity index (χ2n) is 9.60. The van der Waals surface area contributed by atoms with E-state index in [2.05, 4.69) is 16.4 Å². The molecule has 0 atom stereocenters. The molecule has 39 heavy (non-hydrogen) atoms. The van der Waals surface area contributed by atoms with Gasteiger partial charge in [0, 0.05) is 42.2 Å². The topological polar surface area (TPSA) is 116 Å². The Morgan fingerprint density at radius 1 is 1.13 bits per heavy atom. The molecule has 2 aromatic carbocycles. The normalized spacial score (nSPS) is 15.3. The molecule has 0 aliphatic carbocycles. The molecule has 2 aliphatic rings. The highest BCUT2D eigenvalue weighted by atomic mass is 16.5. The molecular weight excluding hydrogens is 496 g/mol. The highest BCUT2D eigenvalue weighted by Gasteiger charge is 2.26. The molecule has 0 saturated carbocycles. The molecule has 3 N–H and O–H groups in total. The number of para-hydroxylation sites is 1. The average Bonchev–Trinajstić information content (AvgIpc) is 3.25. The predicted molar refractivity (Wildman–Crippen MR) is 149 cm³/mol. The van der Waals surface area contributed by atoms with Crippen LogP contribution in [-0.2, 0) is 4.74 Å². The third-order valence-corrected chi connectivity index (χ3v) is 7.32. The van der Waals surface area contributed by atoms with Gasteiger partial charge >= 0.3 is 6.09 Å². The van der Waals surface area contributed by atoms with Gasteiger partial charge in [0.2, 0.25) is 0 Å². The molecule has 202 valence electrons. The van der Waals surface area contributed by atoms with Gasteiger partial charge in [0.1, 0.15) is 11.2 Å². The first-order valence-electron chi connectivity index (χ1n) is 13.0. The predicted octanol–water partition coefficient (Wildman–Crippen LogP) is 3.21. The lowest BCUT2D eigenvalue weighted by molar-refractivity contribution is 0.0652. The van der Waals surface area contributed by atoms with Crippen molar-refractivity contribution >= 4 is 29.3 Å². The number of aliphatic hydroxyl groups is 1. The molecule has 0 unspecified atom stereocenters. The number of rotatable bonds is 6. The van der Waals surface area contributed by atoms with Crippen molar-refractivity contribution in [3.8, 4) is 16.9 Å². The van der Waals surface area contributed by atoms with Crippen LogP contribution in [0.15, 0.2) is 59.7 Å². The quantitative estimate of drug-likeness (QED) is 0.454. The summed E-state index contributed by atoms with van der Waals surface area (Å²) < 4.78 is 10.4. The van der Waals surface area contributed by atoms with Crippen LogP contribution in [0.4, 0.5) is 10.5 Å². The van der Waals surface area contributed by atoms with Gasteiger partial charge < -0.3 is 24.5 Å². The van der Waals surface area contributed by atoms with Gasteiger partial charge in [0.25, 0.3) is 5.91 Å². The Balaban J connectivity index is 1.55. The highest BCUT2D eigenvalue weighted by molar-refractivity contribution is 6.04. The summed E-state index contributed by atoms with van der Waals surface area (Å²) in [4.78, 5) is 35.5. The lowest BCUT2D eigenvalue weighted by atomic mass is 9.96. The van der Waals surface area contributed by atoms with E-state index in [9.17, 15) is 14.7 Å². The Hall–Kier alpha value is -4.37. The molecule has 2 aliphatic heterocycles. The SMILES string of the molecule is COC(=O)Nc1ccc(C2=CCN=c3[nH]cc(-c4ccccc4OC)c3=C2)cc1C(=O)N1CCC(CO)CC1. The van der Waals surface area contributed by atoms with Crippen LogP contribution in [0.5, 0.6) is 5.75 Å². The maximum Gasteiger partial charge on any atom is 0.411 e. The first-order chi connectivity index (χ1) is 19.0. The number of ether oxygens (including phenoxy) is 2. The number of hydrogen-bond acceptors (Lipinski definition) is 6. The highest BCUT2D eigenvalue weighted by Crippen LogP contribution is 2.29. The number of piperidine rings is 1. The number of benzene rings is 2. The van der Waals surface area contributed by atoms with E-state index in [0.29, 0.717) is 30.9 Å². The monoisotopic (exact) mass is 528 g/mol. The zero-order valence-electron chi connectivity index (χ0n) is 22.1. The molecule has 9 heteroatoms. The van der Waals surface area contributed by atoms with Gasteiger partial charge in [-0.05, 0) is 54.2 Å². The molecule has 0 spiro atoms. The number of methoxy groups -OCH3 is 2. The van der Waals surface area contributed by atoms with E-state index >= 15 is 0 Å². The fourth-order valence-electron chi connectivity index (χ4n) is 5.10. The van der Waals surface area contributed by atoms with Crippen molar-refractivity contribution < 1.29 is 24.2 Å². The van der Waals surface area contributed by atoms with Crippen LogP contribution in [0, 0.1) is 5.92 Å². The number of nitrogens with one attached hydrogen (secondary N) is 2. The number of allylic oxidation sites excluding steroid dienone is 1. The van der Waals surface area contributed by atoms with Crippen LogP contribution < -0.4 is 20.8 Å². The Morgan fingerprint density at radius 3 is 2.67 bits per heavy atom. The summed E-state index contributed by atoms with van der Waals surface area (Å²) in [5.74, 6) is 0.796. The van der Waals surface area contributed by atoms with E-state index in [1.165, 1.54) is 7.11 Å². The van der Waals surface area contributed by atoms with Crippen molar-refractivity contribution in [2.24, 2.45) is 10.9 Å². The molecule has 0 radical (unpaired) electrons. The van der Waals surface area contributed by atoms with E-state index in [1.54, 1.807) is 18.1 Å². The zero-order chi connectivity index (χ0) is 27.4. The van der Waals surface area contributed by atoms with Crippen molar-refractivity contribution in [1.29, 1.82) is 0 Å². The third kappa shape index (κ3) is 5.44. The van der Waals surface area contributed by atoms with Gasteiger partial charge in [-0.25, -0.2) is 4.79 Å². The van der Waals surface area contributed by atoms with Crippen molar-refractivity contribution in [1.82, 2.24) is 9.88 Å². The Kier molecular flexibility index (Phi) is 7.79. The Morgan fingerprint density at radius 2 is 1.92 bits per heavy atom. The standard InChI is InChI=1S/C30H32N4O5/c1-38-27-6-4-3-5-22(27)25-17-32-28-23(25)15-21(9-12-31-28)20-7-8-26(33-30(37)39-2)24(16-20)29(36)34-13-10-19(18-35)11-14-34/h3-9,15-17,19,35H,10-14,18H2,1-2H3,(H,31,32)(H,33,37). The molecule has 0 bridgehead atoms. The van der Waals surface area contributed by atoms with E-state index in [4.69, 9.17) is 14.5 Å². The molecule has 5 rings (SSSR count). The van der Waals surface area contributed by atoms with Crippen molar-refractivity contribution in [2.45, 2.75) is 12.8 Å². The van der Waals surface area contributed by atoms with Crippen LogP contribution in [-0.4, -0.2) is 67.5 Å². The van der Waals surface area contributed by atoms with E-state index in [0.717, 1.165) is 51.6 Å². The number of anilines is 1. The minimum Gasteiger partial charge on any atom is -0.496 e. The number of aromatic nitrogens is 1. The lowest BCUT2D eigenvalue weighted by Crippen LogP contribution is -2.39. The minimum atomic E-state index is -0.645. The fourth-order valence-corrected chi connectivity index (χ4v) is 5.10. The molecule has 1 aromatic heterocycles. The minimum absolute atomic E-state index is 0.125. The van der Waals surface area contributed by atoms with Crippen LogP contribution in [0.2, 0.25) is 0 Å². The third-order valence-electron chi connectivity index (χ3n) is 7.32. The Labute approximate surface area is 226 Å². The number of carbonyl (C=O) groups excluding carboxylic acids is 2. The number of nitrogens with zero attached hydrogens (tertiary/aromatic N) is 2. The van der Waals surface area contributed by atoms with Crippen LogP contribution in [0.3, 0.4) is 0 Å². The largest absolute Gasteiger partial charge is 0.496 e. The summed E-state index contributed by atoms with van der Waals surface area (Å²) in [5.41, 5.74) is 5.19. The van der Waals surface area contributed by atoms with Crippen molar-refractivity contribution in [3.05, 3.63) is 76.6 Å². The summed E-state index contributed by atoms with van der Waals surface area (Å²) in [6.45, 7) is 1.69. The van der Waals surface area contributed by atoms with Gasteiger partial charge in [-0.1, -0.05) is 30.3 Å². The first-order valence-corrected chi connectivity index (χ1v) is 13.0. The number of aliphatic hydroxyl groups excluding tert-OH is 1. The summed E-state index contributed by atoms with van der Waals surface area (Å²) in [6.07, 6.45) is 6.85. The van der Waals surface area contributed by atoms with Gasteiger partial charge in [-0.3, -0.25) is 15.1 Å². The van der Waals surface area contributed by atoms with Gasteiger partial charge in [-0.2, -0.15) is 0 Å². The van der Waals surface area contributed by atoms with Gasteiger partial charge in [-0.15, -0.1) is 0 Å². The fraction of sp³-hybridized carbons (Fsp3) is 0.300. The van der Waals surface area contributed by atoms with Crippen LogP contribution in [0.25, 0.3) is 22.8 Å². The second kappa shape index (κ2) is 11.6. The number of aromatic amines is 1. The summed E-state index contributed by atoms with van der Waals surface area (Å²) in [5, 5.41) is 13.1. The molecule has 1 saturated heterocycles. The summed E-state index contributed by atoms with van der Waals surface area (Å²) in [6, 6.07) is 13.3. The smallest absolute Gasteiger partial charge is 0.411 e. The summed E-state index contributed by atoms with van der Waals surface area (Å²) in [7, 11) is 2.94. The van der Waals surface area contributed by atoms with E-state index < -0.39 is 6.09 Å². The number of amides is 2. The average molecular weight is 529 g/mol. The zero-order valence-corrected chi connectivity index (χ0v) is 22.1. The van der Waals surface area contributed by atoms with E-state index in [-0.39, 0.29) is 18.4 Å². The number of H-pyrrole nitrogens is 1. The number of likely N-dealkylation sites (tertiary alicyclic amines) is 1. The second-order valence-corrected chi connectivity index (χ2v) is 9.60. The maximum absolute atomic E-state index is 13.7. The molecule has 1 fully saturated rings. The molecule has 2 amide bonds. The van der Waals surface area contributed by atoms with E-state index in [1.807, 2.05) is 48.7 Å². The molecular formula is C30H32N4O5. The van der Waals surface area contributed by atoms with Crippen LogP contribution >= 0.6 is 0 Å². The molecule has 3 heterocycles. The molecule has 9 nitrogen and oxygen atoms in total. The number of fused-ring (bicyclic) bond motifs is 1. The van der Waals surface area contributed by atoms with Crippen molar-refractivity contribution in [3.63, 3.8) is 0 Å². The Bertz CT molecular complexity index is 1530. The van der Waals surface area contributed by atoms with Crippen molar-refractivity contribution in [2.75, 3.05) is 45.8 Å². The van der Waals surface area contributed by atoms with Gasteiger partial charge in [0.05, 0.1) is 32.0 Å². The molecule has 3 aromatic rings. The maximum atomic E-state index is 13.7. The van der Waals surface area contributed by atoms with Crippen LogP contribution in [0.1, 0.15) is 28.8 Å². The van der Waals surface area contributed by atoms with Gasteiger partial charge in [0.15, 0.2) is 0 Å². The number of carbonyl (C=O) groups is 2. The summed E-state index contributed by atoms with van der Waals surface area (Å²) >= 11 is 0. The number of hydrogen-bond donors (Lipinski definition) is 3. The lowest BCUT2D eigenvalue weighted by Gasteiger charge is -2.31.